The maximum Gasteiger partial charge on any atom is 0.223 e. The third-order valence-electron chi connectivity index (χ3n) is 4.48. The van der Waals surface area contributed by atoms with Gasteiger partial charge in [0, 0.05) is 0 Å². The normalized spacial score (nSPS) is 20.3. The van der Waals surface area contributed by atoms with Crippen molar-refractivity contribution in [3.05, 3.63) is 35.9 Å². The molecule has 0 heterocycles. The Labute approximate surface area is 110 Å². The van der Waals surface area contributed by atoms with E-state index in [0.29, 0.717) is 5.92 Å². The number of hydrogen-bond acceptors (Lipinski definition) is 1. The van der Waals surface area contributed by atoms with E-state index in [9.17, 15) is 4.79 Å². The van der Waals surface area contributed by atoms with E-state index >= 15 is 0 Å². The molecule has 2 rings (SSSR count). The molecule has 2 N–H and O–H groups in total. The van der Waals surface area contributed by atoms with Crippen molar-refractivity contribution in [2.24, 2.45) is 17.1 Å². The summed E-state index contributed by atoms with van der Waals surface area (Å²) in [6.07, 6.45) is 6.84. The van der Waals surface area contributed by atoms with Gasteiger partial charge in [-0.1, -0.05) is 56.5 Å². The topological polar surface area (TPSA) is 43.1 Å². The molecule has 1 aliphatic rings. The van der Waals surface area contributed by atoms with Crippen LogP contribution in [0.5, 0.6) is 0 Å². The van der Waals surface area contributed by atoms with Crippen molar-refractivity contribution in [2.75, 3.05) is 0 Å². The summed E-state index contributed by atoms with van der Waals surface area (Å²) >= 11 is 0. The second-order valence-corrected chi connectivity index (χ2v) is 5.78. The average molecular weight is 245 g/mol. The summed E-state index contributed by atoms with van der Waals surface area (Å²) in [5, 5.41) is 0. The zero-order chi connectivity index (χ0) is 13.0. The lowest BCUT2D eigenvalue weighted by molar-refractivity contribution is -0.130. The second-order valence-electron chi connectivity index (χ2n) is 5.78. The molecule has 1 saturated carbocycles. The van der Waals surface area contributed by atoms with Crippen molar-refractivity contribution < 1.29 is 4.79 Å². The van der Waals surface area contributed by atoms with Gasteiger partial charge in [0.15, 0.2) is 0 Å². The minimum atomic E-state index is -0.387. The quantitative estimate of drug-likeness (QED) is 0.869. The van der Waals surface area contributed by atoms with E-state index in [4.69, 9.17) is 5.73 Å². The van der Waals surface area contributed by atoms with Crippen LogP contribution in [0.2, 0.25) is 0 Å². The highest BCUT2D eigenvalue weighted by Crippen LogP contribution is 2.40. The first-order chi connectivity index (χ1) is 8.63. The molecule has 1 aromatic carbocycles. The van der Waals surface area contributed by atoms with Gasteiger partial charge < -0.3 is 5.73 Å². The number of carbonyl (C=O) groups is 1. The van der Waals surface area contributed by atoms with Crippen LogP contribution in [0.25, 0.3) is 0 Å². The van der Waals surface area contributed by atoms with Crippen molar-refractivity contribution in [1.29, 1.82) is 0 Å². The summed E-state index contributed by atoms with van der Waals surface area (Å²) in [4.78, 5) is 11.9. The minimum Gasteiger partial charge on any atom is -0.369 e. The molecule has 18 heavy (non-hydrogen) atoms. The zero-order valence-corrected chi connectivity index (χ0v) is 11.2. The molecular weight excluding hydrogens is 222 g/mol. The number of benzene rings is 1. The summed E-state index contributed by atoms with van der Waals surface area (Å²) in [6.45, 7) is 2.05. The lowest BCUT2D eigenvalue weighted by Gasteiger charge is -2.37. The summed E-state index contributed by atoms with van der Waals surface area (Å²) < 4.78 is 0. The Hall–Kier alpha value is -1.31. The standard InChI is InChI=1S/C16H23NO/c1-16(15(17)18,14-10-6-3-7-11-14)12-13-8-4-2-5-9-13/h2,4-5,8-9,14H,3,6-7,10-12H2,1H3,(H2,17,18). The first-order valence-corrected chi connectivity index (χ1v) is 6.97. The highest BCUT2D eigenvalue weighted by Gasteiger charge is 2.39. The van der Waals surface area contributed by atoms with Gasteiger partial charge in [-0.05, 0) is 30.7 Å². The molecule has 0 aliphatic heterocycles. The lowest BCUT2D eigenvalue weighted by atomic mass is 9.66. The minimum absolute atomic E-state index is 0.141. The highest BCUT2D eigenvalue weighted by atomic mass is 16.1. The molecule has 1 amide bonds. The Morgan fingerprint density at radius 2 is 1.83 bits per heavy atom. The van der Waals surface area contributed by atoms with Gasteiger partial charge in [0.2, 0.25) is 5.91 Å². The van der Waals surface area contributed by atoms with Gasteiger partial charge in [-0.15, -0.1) is 0 Å². The predicted octanol–water partition coefficient (Wildman–Crippen LogP) is 3.30. The largest absolute Gasteiger partial charge is 0.369 e. The Kier molecular flexibility index (Phi) is 4.05. The molecule has 0 aromatic heterocycles. The molecule has 1 atom stereocenters. The second kappa shape index (κ2) is 5.55. The van der Waals surface area contributed by atoms with Gasteiger partial charge in [-0.25, -0.2) is 0 Å². The number of rotatable bonds is 4. The van der Waals surface area contributed by atoms with Gasteiger partial charge >= 0.3 is 0 Å². The Morgan fingerprint density at radius 3 is 2.39 bits per heavy atom. The fraction of sp³-hybridized carbons (Fsp3) is 0.562. The highest BCUT2D eigenvalue weighted by molar-refractivity contribution is 5.81. The van der Waals surface area contributed by atoms with Gasteiger partial charge in [0.25, 0.3) is 0 Å². The van der Waals surface area contributed by atoms with Crippen LogP contribution < -0.4 is 5.73 Å². The SMILES string of the molecule is CC(Cc1ccccc1)(C(N)=O)C1CCCCC1. The smallest absolute Gasteiger partial charge is 0.223 e. The van der Waals surface area contributed by atoms with Crippen LogP contribution in [0.15, 0.2) is 30.3 Å². The van der Waals surface area contributed by atoms with Gasteiger partial charge in [-0.2, -0.15) is 0 Å². The third-order valence-corrected chi connectivity index (χ3v) is 4.48. The predicted molar refractivity (Wildman–Crippen MR) is 74.0 cm³/mol. The molecule has 0 bridgehead atoms. The van der Waals surface area contributed by atoms with Crippen LogP contribution in [0.1, 0.15) is 44.6 Å². The Bertz CT molecular complexity index is 395. The monoisotopic (exact) mass is 245 g/mol. The third kappa shape index (κ3) is 2.74. The van der Waals surface area contributed by atoms with E-state index in [2.05, 4.69) is 19.1 Å². The van der Waals surface area contributed by atoms with Gasteiger partial charge in [0.05, 0.1) is 5.41 Å². The molecule has 0 spiro atoms. The maximum atomic E-state index is 11.9. The van der Waals surface area contributed by atoms with Crippen LogP contribution in [-0.4, -0.2) is 5.91 Å². The number of primary amides is 1. The molecule has 1 aromatic rings. The molecule has 2 heteroatoms. The summed E-state index contributed by atoms with van der Waals surface area (Å²) in [5.41, 5.74) is 6.54. The van der Waals surface area contributed by atoms with E-state index in [1.54, 1.807) is 0 Å². The lowest BCUT2D eigenvalue weighted by Crippen LogP contribution is -2.43. The first-order valence-electron chi connectivity index (χ1n) is 6.97. The Balaban J connectivity index is 2.18. The van der Waals surface area contributed by atoms with Crippen molar-refractivity contribution in [3.63, 3.8) is 0 Å². The zero-order valence-electron chi connectivity index (χ0n) is 11.2. The van der Waals surface area contributed by atoms with Crippen molar-refractivity contribution in [1.82, 2.24) is 0 Å². The van der Waals surface area contributed by atoms with Crippen molar-refractivity contribution in [2.45, 2.75) is 45.4 Å². The molecule has 1 fully saturated rings. The van der Waals surface area contributed by atoms with Gasteiger partial charge in [-0.3, -0.25) is 4.79 Å². The van der Waals surface area contributed by atoms with E-state index in [-0.39, 0.29) is 11.3 Å². The first kappa shape index (κ1) is 13.1. The number of nitrogens with two attached hydrogens (primary N) is 1. The van der Waals surface area contributed by atoms with Crippen LogP contribution >= 0.6 is 0 Å². The number of carbonyl (C=O) groups excluding carboxylic acids is 1. The van der Waals surface area contributed by atoms with E-state index in [0.717, 1.165) is 19.3 Å². The summed E-state index contributed by atoms with van der Waals surface area (Å²) in [7, 11) is 0. The maximum absolute atomic E-state index is 11.9. The van der Waals surface area contributed by atoms with Crippen LogP contribution in [0.3, 0.4) is 0 Å². The summed E-state index contributed by atoms with van der Waals surface area (Å²) in [6, 6.07) is 10.2. The molecular formula is C16H23NO. The fourth-order valence-electron chi connectivity index (χ4n) is 3.19. The van der Waals surface area contributed by atoms with Crippen LogP contribution in [0.4, 0.5) is 0 Å². The van der Waals surface area contributed by atoms with Crippen molar-refractivity contribution >= 4 is 5.91 Å². The van der Waals surface area contributed by atoms with Gasteiger partial charge in [0.1, 0.15) is 0 Å². The molecule has 1 aliphatic carbocycles. The van der Waals surface area contributed by atoms with Crippen LogP contribution in [0, 0.1) is 11.3 Å². The number of hydrogen-bond donors (Lipinski definition) is 1. The fourth-order valence-corrected chi connectivity index (χ4v) is 3.19. The summed E-state index contributed by atoms with van der Waals surface area (Å²) in [5.74, 6) is 0.308. The molecule has 0 radical (unpaired) electrons. The average Bonchev–Trinajstić information content (AvgIpc) is 2.40. The molecule has 1 unspecified atom stereocenters. The number of amides is 1. The van der Waals surface area contributed by atoms with E-state index in [1.165, 1.54) is 24.8 Å². The molecule has 0 saturated heterocycles. The Morgan fingerprint density at radius 1 is 1.22 bits per heavy atom. The van der Waals surface area contributed by atoms with Crippen molar-refractivity contribution in [3.8, 4) is 0 Å². The van der Waals surface area contributed by atoms with E-state index < -0.39 is 0 Å². The molecule has 98 valence electrons. The van der Waals surface area contributed by atoms with Crippen LogP contribution in [-0.2, 0) is 11.2 Å². The molecule has 2 nitrogen and oxygen atoms in total. The van der Waals surface area contributed by atoms with E-state index in [1.807, 2.05) is 18.2 Å².